The molecule has 0 saturated carbocycles. The highest BCUT2D eigenvalue weighted by Crippen LogP contribution is 2.36. The molecule has 1 atom stereocenters. The lowest BCUT2D eigenvalue weighted by Gasteiger charge is -2.11. The SMILES string of the molecule is COCC(O)CCNc1snc(N)c1-c1ccncc1. The van der Waals surface area contributed by atoms with Crippen LogP contribution < -0.4 is 11.1 Å². The normalized spacial score (nSPS) is 12.3. The van der Waals surface area contributed by atoms with Gasteiger partial charge in [0.2, 0.25) is 0 Å². The van der Waals surface area contributed by atoms with E-state index in [-0.39, 0.29) is 0 Å². The first-order chi connectivity index (χ1) is 9.72. The van der Waals surface area contributed by atoms with Crippen molar-refractivity contribution in [3.05, 3.63) is 24.5 Å². The summed E-state index contributed by atoms with van der Waals surface area (Å²) >= 11 is 1.32. The van der Waals surface area contributed by atoms with Crippen LogP contribution in [0.3, 0.4) is 0 Å². The summed E-state index contributed by atoms with van der Waals surface area (Å²) in [6.07, 6.45) is 3.57. The monoisotopic (exact) mass is 294 g/mol. The number of aromatic nitrogens is 2. The molecule has 6 nitrogen and oxygen atoms in total. The molecule has 0 aliphatic carbocycles. The van der Waals surface area contributed by atoms with Gasteiger partial charge in [0, 0.05) is 26.0 Å². The van der Waals surface area contributed by atoms with E-state index in [4.69, 9.17) is 10.5 Å². The van der Waals surface area contributed by atoms with Crippen LogP contribution in [0.2, 0.25) is 0 Å². The average Bonchev–Trinajstić information content (AvgIpc) is 2.81. The first kappa shape index (κ1) is 14.7. The number of ether oxygens (including phenoxy) is 1. The van der Waals surface area contributed by atoms with Gasteiger partial charge in [0.05, 0.1) is 18.3 Å². The number of nitrogens with one attached hydrogen (secondary N) is 1. The van der Waals surface area contributed by atoms with Crippen molar-refractivity contribution < 1.29 is 9.84 Å². The number of hydrogen-bond donors (Lipinski definition) is 3. The van der Waals surface area contributed by atoms with Crippen LogP contribution in [0, 0.1) is 0 Å². The smallest absolute Gasteiger partial charge is 0.147 e. The highest BCUT2D eigenvalue weighted by atomic mass is 32.1. The molecule has 1 unspecified atom stereocenters. The van der Waals surface area contributed by atoms with Crippen LogP contribution in [0.5, 0.6) is 0 Å². The first-order valence-electron chi connectivity index (χ1n) is 6.28. The maximum absolute atomic E-state index is 9.61. The summed E-state index contributed by atoms with van der Waals surface area (Å²) in [5, 5.41) is 13.8. The Morgan fingerprint density at radius 3 is 2.90 bits per heavy atom. The highest BCUT2D eigenvalue weighted by Gasteiger charge is 2.13. The fourth-order valence-corrected chi connectivity index (χ4v) is 2.61. The molecular weight excluding hydrogens is 276 g/mol. The molecule has 0 aliphatic heterocycles. The Bertz CT molecular complexity index is 532. The fourth-order valence-electron chi connectivity index (χ4n) is 1.85. The molecular formula is C13H18N4O2S. The quantitative estimate of drug-likeness (QED) is 0.718. The minimum atomic E-state index is -0.470. The predicted molar refractivity (Wildman–Crippen MR) is 80.7 cm³/mol. The highest BCUT2D eigenvalue weighted by molar-refractivity contribution is 7.11. The number of methoxy groups -OCH3 is 1. The molecule has 4 N–H and O–H groups in total. The van der Waals surface area contributed by atoms with Gasteiger partial charge >= 0.3 is 0 Å². The third-order valence-electron chi connectivity index (χ3n) is 2.81. The number of nitrogen functional groups attached to an aromatic ring is 1. The summed E-state index contributed by atoms with van der Waals surface area (Å²) in [6, 6.07) is 3.79. The van der Waals surface area contributed by atoms with Crippen molar-refractivity contribution in [3.8, 4) is 11.1 Å². The van der Waals surface area contributed by atoms with E-state index in [0.29, 0.717) is 25.4 Å². The molecule has 0 spiro atoms. The number of aliphatic hydroxyl groups is 1. The molecule has 0 aliphatic rings. The molecule has 0 aromatic carbocycles. The van der Waals surface area contributed by atoms with Gasteiger partial charge in [-0.05, 0) is 35.6 Å². The molecule has 0 fully saturated rings. The molecule has 0 bridgehead atoms. The van der Waals surface area contributed by atoms with E-state index in [1.54, 1.807) is 19.5 Å². The zero-order valence-corrected chi connectivity index (χ0v) is 12.1. The molecule has 0 radical (unpaired) electrons. The van der Waals surface area contributed by atoms with E-state index in [0.717, 1.165) is 16.1 Å². The lowest BCUT2D eigenvalue weighted by atomic mass is 10.1. The van der Waals surface area contributed by atoms with Crippen LogP contribution in [0.1, 0.15) is 6.42 Å². The average molecular weight is 294 g/mol. The predicted octanol–water partition coefficient (Wildman–Crippen LogP) is 1.60. The van der Waals surface area contributed by atoms with E-state index in [1.165, 1.54) is 11.5 Å². The van der Waals surface area contributed by atoms with Gasteiger partial charge in [0.1, 0.15) is 10.8 Å². The minimum Gasteiger partial charge on any atom is -0.391 e. The maximum atomic E-state index is 9.61. The van der Waals surface area contributed by atoms with Crippen LogP contribution in [-0.4, -0.2) is 40.8 Å². The van der Waals surface area contributed by atoms with Crippen molar-refractivity contribution in [3.63, 3.8) is 0 Å². The van der Waals surface area contributed by atoms with Crippen molar-refractivity contribution in [2.75, 3.05) is 31.3 Å². The van der Waals surface area contributed by atoms with Gasteiger partial charge in [-0.15, -0.1) is 0 Å². The summed E-state index contributed by atoms with van der Waals surface area (Å²) in [4.78, 5) is 4.00. The van der Waals surface area contributed by atoms with Crippen LogP contribution in [0.15, 0.2) is 24.5 Å². The Kier molecular flexibility index (Phi) is 5.28. The molecule has 2 heterocycles. The van der Waals surface area contributed by atoms with E-state index >= 15 is 0 Å². The standard InChI is InChI=1S/C13H18N4O2S/c1-19-8-10(18)4-7-16-13-11(12(14)17-20-13)9-2-5-15-6-3-9/h2-3,5-6,10,16,18H,4,7-8H2,1H3,(H2,14,17). The van der Waals surface area contributed by atoms with Gasteiger partial charge in [-0.2, -0.15) is 4.37 Å². The third kappa shape index (κ3) is 3.66. The van der Waals surface area contributed by atoms with Crippen molar-refractivity contribution in [1.29, 1.82) is 0 Å². The van der Waals surface area contributed by atoms with Crippen molar-refractivity contribution in [1.82, 2.24) is 9.36 Å². The van der Waals surface area contributed by atoms with Gasteiger partial charge in [-0.25, -0.2) is 0 Å². The number of rotatable bonds is 7. The lowest BCUT2D eigenvalue weighted by Crippen LogP contribution is -2.18. The van der Waals surface area contributed by atoms with Crippen LogP contribution in [0.4, 0.5) is 10.8 Å². The third-order valence-corrected chi connectivity index (χ3v) is 3.63. The van der Waals surface area contributed by atoms with Gasteiger partial charge < -0.3 is 20.9 Å². The van der Waals surface area contributed by atoms with Gasteiger partial charge in [0.15, 0.2) is 0 Å². The number of aliphatic hydroxyl groups excluding tert-OH is 1. The van der Waals surface area contributed by atoms with Gasteiger partial charge in [0.25, 0.3) is 0 Å². The Labute approximate surface area is 121 Å². The molecule has 2 rings (SSSR count). The van der Waals surface area contributed by atoms with E-state index in [1.807, 2.05) is 12.1 Å². The second kappa shape index (κ2) is 7.18. The second-order valence-electron chi connectivity index (χ2n) is 4.33. The summed E-state index contributed by atoms with van der Waals surface area (Å²) in [6.45, 7) is 0.966. The van der Waals surface area contributed by atoms with Crippen LogP contribution in [0.25, 0.3) is 11.1 Å². The molecule has 2 aromatic rings. The lowest BCUT2D eigenvalue weighted by molar-refractivity contribution is 0.0615. The molecule has 0 saturated heterocycles. The summed E-state index contributed by atoms with van der Waals surface area (Å²) in [5.41, 5.74) is 7.79. The molecule has 7 heteroatoms. The minimum absolute atomic E-state index is 0.337. The largest absolute Gasteiger partial charge is 0.391 e. The number of anilines is 2. The van der Waals surface area contributed by atoms with Gasteiger partial charge in [-0.1, -0.05) is 0 Å². The van der Waals surface area contributed by atoms with E-state index in [9.17, 15) is 5.11 Å². The molecule has 0 amide bonds. The number of nitrogens with two attached hydrogens (primary N) is 1. The Balaban J connectivity index is 2.03. The Hall–Kier alpha value is -1.70. The summed E-state index contributed by atoms with van der Waals surface area (Å²) in [7, 11) is 1.57. The van der Waals surface area contributed by atoms with Crippen molar-refractivity contribution in [2.45, 2.75) is 12.5 Å². The topological polar surface area (TPSA) is 93.3 Å². The van der Waals surface area contributed by atoms with E-state index < -0.39 is 6.10 Å². The number of nitrogens with zero attached hydrogens (tertiary/aromatic N) is 2. The van der Waals surface area contributed by atoms with Gasteiger partial charge in [-0.3, -0.25) is 4.98 Å². The van der Waals surface area contributed by atoms with Crippen LogP contribution in [-0.2, 0) is 4.74 Å². The zero-order valence-electron chi connectivity index (χ0n) is 11.2. The van der Waals surface area contributed by atoms with Crippen molar-refractivity contribution >= 4 is 22.4 Å². The number of hydrogen-bond acceptors (Lipinski definition) is 7. The molecule has 2 aromatic heterocycles. The Morgan fingerprint density at radius 2 is 2.20 bits per heavy atom. The first-order valence-corrected chi connectivity index (χ1v) is 7.06. The zero-order chi connectivity index (χ0) is 14.4. The maximum Gasteiger partial charge on any atom is 0.147 e. The molecule has 20 heavy (non-hydrogen) atoms. The Morgan fingerprint density at radius 1 is 1.45 bits per heavy atom. The number of pyridine rings is 1. The summed E-state index contributed by atoms with van der Waals surface area (Å²) < 4.78 is 9.07. The second-order valence-corrected chi connectivity index (χ2v) is 5.11. The van der Waals surface area contributed by atoms with Crippen molar-refractivity contribution in [2.24, 2.45) is 0 Å². The molecule has 108 valence electrons. The van der Waals surface area contributed by atoms with Crippen LogP contribution >= 0.6 is 11.5 Å². The summed E-state index contributed by atoms with van der Waals surface area (Å²) in [5.74, 6) is 0.501. The van der Waals surface area contributed by atoms with E-state index in [2.05, 4.69) is 14.7 Å². The fraction of sp³-hybridized carbons (Fsp3) is 0.385.